The summed E-state index contributed by atoms with van der Waals surface area (Å²) in [6.07, 6.45) is 1.71. The second-order valence-electron chi connectivity index (χ2n) is 7.43. The number of carbonyl (C=O) groups is 2. The molecule has 156 valence electrons. The number of carbonyl (C=O) groups excluding carboxylic acids is 2. The molecule has 1 heterocycles. The van der Waals surface area contributed by atoms with Gasteiger partial charge in [0.05, 0.1) is 18.7 Å². The number of hydrogen-bond acceptors (Lipinski definition) is 3. The van der Waals surface area contributed by atoms with Gasteiger partial charge in [-0.05, 0) is 25.5 Å². The van der Waals surface area contributed by atoms with Crippen LogP contribution in [0.5, 0.6) is 0 Å². The van der Waals surface area contributed by atoms with E-state index in [9.17, 15) is 9.59 Å². The van der Waals surface area contributed by atoms with E-state index in [1.165, 1.54) is 4.90 Å². The monoisotopic (exact) mass is 424 g/mol. The van der Waals surface area contributed by atoms with E-state index in [2.05, 4.69) is 10.4 Å². The van der Waals surface area contributed by atoms with Gasteiger partial charge in [-0.1, -0.05) is 60.1 Å². The van der Waals surface area contributed by atoms with Gasteiger partial charge in [0, 0.05) is 29.9 Å². The number of aromatic nitrogens is 2. The summed E-state index contributed by atoms with van der Waals surface area (Å²) < 4.78 is 1.71. The van der Waals surface area contributed by atoms with Crippen LogP contribution >= 0.6 is 11.6 Å². The summed E-state index contributed by atoms with van der Waals surface area (Å²) in [4.78, 5) is 26.7. The number of nitrogens with one attached hydrogen (secondary N) is 1. The minimum absolute atomic E-state index is 0.0132. The number of amides is 2. The Morgan fingerprint density at radius 2 is 1.77 bits per heavy atom. The number of rotatable bonds is 7. The molecule has 0 fully saturated rings. The first-order chi connectivity index (χ1) is 14.3. The van der Waals surface area contributed by atoms with Crippen molar-refractivity contribution in [3.8, 4) is 11.3 Å². The first-order valence-corrected chi connectivity index (χ1v) is 10.1. The van der Waals surface area contributed by atoms with Crippen molar-refractivity contribution in [2.24, 2.45) is 0 Å². The standard InChI is InChI=1S/C23H25ClN4O2/c1-16(2)25-21(29)15-27(3)23(30)19-14-28(13-18-11-7-8-12-20(18)24)26-22(19)17-9-5-4-6-10-17/h4-12,14,16H,13,15H2,1-3H3,(H,25,29). The maximum absolute atomic E-state index is 13.2. The highest BCUT2D eigenvalue weighted by molar-refractivity contribution is 6.31. The van der Waals surface area contributed by atoms with Crippen LogP contribution in [0.3, 0.4) is 0 Å². The number of nitrogens with zero attached hydrogens (tertiary/aromatic N) is 3. The lowest BCUT2D eigenvalue weighted by Crippen LogP contribution is -2.40. The highest BCUT2D eigenvalue weighted by atomic mass is 35.5. The lowest BCUT2D eigenvalue weighted by Gasteiger charge is -2.17. The maximum atomic E-state index is 13.2. The van der Waals surface area contributed by atoms with Crippen LogP contribution in [0.25, 0.3) is 11.3 Å². The third-order valence-electron chi connectivity index (χ3n) is 4.51. The van der Waals surface area contributed by atoms with Crippen LogP contribution < -0.4 is 5.32 Å². The highest BCUT2D eigenvalue weighted by Crippen LogP contribution is 2.24. The van der Waals surface area contributed by atoms with E-state index < -0.39 is 0 Å². The molecule has 0 saturated carbocycles. The van der Waals surface area contributed by atoms with Crippen LogP contribution in [0, 0.1) is 0 Å². The Kier molecular flexibility index (Phi) is 6.90. The summed E-state index contributed by atoms with van der Waals surface area (Å²) in [5.74, 6) is -0.469. The Bertz CT molecular complexity index is 1030. The van der Waals surface area contributed by atoms with Crippen molar-refractivity contribution in [1.82, 2.24) is 20.0 Å². The van der Waals surface area contributed by atoms with Gasteiger partial charge < -0.3 is 10.2 Å². The van der Waals surface area contributed by atoms with Crippen molar-refractivity contribution in [2.75, 3.05) is 13.6 Å². The number of hydrogen-bond donors (Lipinski definition) is 1. The lowest BCUT2D eigenvalue weighted by atomic mass is 10.1. The minimum Gasteiger partial charge on any atom is -0.352 e. The third-order valence-corrected chi connectivity index (χ3v) is 4.88. The predicted octanol–water partition coefficient (Wildman–Crippen LogP) is 3.85. The van der Waals surface area contributed by atoms with Crippen molar-refractivity contribution < 1.29 is 9.59 Å². The first-order valence-electron chi connectivity index (χ1n) is 9.76. The van der Waals surface area contributed by atoms with Crippen LogP contribution in [0.2, 0.25) is 5.02 Å². The normalized spacial score (nSPS) is 10.8. The smallest absolute Gasteiger partial charge is 0.257 e. The van der Waals surface area contributed by atoms with Gasteiger partial charge in [0.15, 0.2) is 0 Å². The van der Waals surface area contributed by atoms with Gasteiger partial charge in [0.1, 0.15) is 5.69 Å². The molecule has 1 N–H and O–H groups in total. The van der Waals surface area contributed by atoms with Crippen molar-refractivity contribution >= 4 is 23.4 Å². The molecule has 1 aromatic heterocycles. The Morgan fingerprint density at radius 3 is 2.43 bits per heavy atom. The minimum atomic E-state index is -0.266. The first kappa shape index (κ1) is 21.6. The number of likely N-dealkylation sites (N-methyl/N-ethyl adjacent to an activating group) is 1. The molecule has 0 bridgehead atoms. The fourth-order valence-corrected chi connectivity index (χ4v) is 3.33. The Hall–Kier alpha value is -3.12. The molecule has 3 aromatic rings. The summed E-state index contributed by atoms with van der Waals surface area (Å²) in [5.41, 5.74) is 2.75. The molecule has 0 aliphatic heterocycles. The Morgan fingerprint density at radius 1 is 1.10 bits per heavy atom. The average molecular weight is 425 g/mol. The predicted molar refractivity (Wildman–Crippen MR) is 118 cm³/mol. The molecular formula is C23H25ClN4O2. The van der Waals surface area contributed by atoms with E-state index in [0.29, 0.717) is 22.8 Å². The molecule has 0 radical (unpaired) electrons. The second kappa shape index (κ2) is 9.59. The summed E-state index contributed by atoms with van der Waals surface area (Å²) in [6.45, 7) is 4.17. The molecule has 30 heavy (non-hydrogen) atoms. The van der Waals surface area contributed by atoms with Crippen LogP contribution in [0.15, 0.2) is 60.8 Å². The van der Waals surface area contributed by atoms with Crippen LogP contribution in [-0.2, 0) is 11.3 Å². The van der Waals surface area contributed by atoms with Crippen molar-refractivity contribution in [2.45, 2.75) is 26.4 Å². The molecule has 0 aliphatic carbocycles. The highest BCUT2D eigenvalue weighted by Gasteiger charge is 2.23. The fraction of sp³-hybridized carbons (Fsp3) is 0.261. The quantitative estimate of drug-likeness (QED) is 0.626. The van der Waals surface area contributed by atoms with E-state index in [0.717, 1.165) is 11.1 Å². The number of halogens is 1. The zero-order valence-corrected chi connectivity index (χ0v) is 18.1. The van der Waals surface area contributed by atoms with Gasteiger partial charge in [0.2, 0.25) is 5.91 Å². The maximum Gasteiger partial charge on any atom is 0.257 e. The lowest BCUT2D eigenvalue weighted by molar-refractivity contribution is -0.122. The van der Waals surface area contributed by atoms with Gasteiger partial charge in [-0.25, -0.2) is 0 Å². The van der Waals surface area contributed by atoms with Gasteiger partial charge in [-0.2, -0.15) is 5.10 Å². The molecule has 7 heteroatoms. The zero-order chi connectivity index (χ0) is 21.7. The molecule has 0 saturated heterocycles. The van der Waals surface area contributed by atoms with Crippen LogP contribution in [0.1, 0.15) is 29.8 Å². The third kappa shape index (κ3) is 5.27. The fourth-order valence-electron chi connectivity index (χ4n) is 3.13. The van der Waals surface area contributed by atoms with Gasteiger partial charge >= 0.3 is 0 Å². The topological polar surface area (TPSA) is 67.2 Å². The van der Waals surface area contributed by atoms with Gasteiger partial charge in [-0.3, -0.25) is 14.3 Å². The molecule has 0 unspecified atom stereocenters. The van der Waals surface area contributed by atoms with Gasteiger partial charge in [0.25, 0.3) is 5.91 Å². The average Bonchev–Trinajstić information content (AvgIpc) is 3.13. The number of benzene rings is 2. The molecule has 2 aromatic carbocycles. The molecular weight excluding hydrogens is 400 g/mol. The largest absolute Gasteiger partial charge is 0.352 e. The molecule has 6 nitrogen and oxygen atoms in total. The van der Waals surface area contributed by atoms with E-state index in [1.54, 1.807) is 17.9 Å². The van der Waals surface area contributed by atoms with Crippen LogP contribution in [-0.4, -0.2) is 46.1 Å². The summed E-state index contributed by atoms with van der Waals surface area (Å²) >= 11 is 6.29. The van der Waals surface area contributed by atoms with E-state index in [-0.39, 0.29) is 24.4 Å². The molecule has 0 spiro atoms. The van der Waals surface area contributed by atoms with E-state index in [1.807, 2.05) is 68.4 Å². The SMILES string of the molecule is CC(C)NC(=O)CN(C)C(=O)c1cn(Cc2ccccc2Cl)nc1-c1ccccc1. The molecule has 2 amide bonds. The summed E-state index contributed by atoms with van der Waals surface area (Å²) in [7, 11) is 1.61. The van der Waals surface area contributed by atoms with Crippen molar-refractivity contribution in [1.29, 1.82) is 0 Å². The van der Waals surface area contributed by atoms with Crippen LogP contribution in [0.4, 0.5) is 0 Å². The molecule has 0 atom stereocenters. The van der Waals surface area contributed by atoms with E-state index >= 15 is 0 Å². The van der Waals surface area contributed by atoms with E-state index in [4.69, 9.17) is 11.6 Å². The Labute approximate surface area is 181 Å². The zero-order valence-electron chi connectivity index (χ0n) is 17.3. The summed E-state index contributed by atoms with van der Waals surface area (Å²) in [5, 5.41) is 8.10. The summed E-state index contributed by atoms with van der Waals surface area (Å²) in [6, 6.07) is 17.1. The molecule has 0 aliphatic rings. The Balaban J connectivity index is 1.91. The molecule has 3 rings (SSSR count). The second-order valence-corrected chi connectivity index (χ2v) is 7.84. The van der Waals surface area contributed by atoms with Gasteiger partial charge in [-0.15, -0.1) is 0 Å². The van der Waals surface area contributed by atoms with Crippen molar-refractivity contribution in [3.05, 3.63) is 76.9 Å². The van der Waals surface area contributed by atoms with Crippen molar-refractivity contribution in [3.63, 3.8) is 0 Å².